The summed E-state index contributed by atoms with van der Waals surface area (Å²) in [4.78, 5) is 34.3. The zero-order chi connectivity index (χ0) is 30.9. The number of hydroxylamine groups is 1. The van der Waals surface area contributed by atoms with Crippen LogP contribution in [0.4, 0.5) is 0 Å². The number of carbonyl (C=O) groups excluding carboxylic acids is 2. The number of ether oxygens (including phenoxy) is 3. The van der Waals surface area contributed by atoms with Crippen LogP contribution in [0.3, 0.4) is 0 Å². The molecule has 0 saturated carbocycles. The quantitative estimate of drug-likeness (QED) is 0.104. The Bertz CT molecular complexity index is 1360. The van der Waals surface area contributed by atoms with E-state index in [2.05, 4.69) is 4.90 Å². The summed E-state index contributed by atoms with van der Waals surface area (Å²) in [5.41, 5.74) is 5.65. The molecule has 0 radical (unpaired) electrons. The number of phenolic OH excluding ortho intramolecular Hbond substituents is 1. The maximum atomic E-state index is 12.7. The zero-order valence-corrected chi connectivity index (χ0v) is 26.4. The lowest BCUT2D eigenvalue weighted by atomic mass is 9.89. The van der Waals surface area contributed by atoms with Crippen molar-refractivity contribution < 1.29 is 38.3 Å². The zero-order valence-electron chi connectivity index (χ0n) is 25.4. The van der Waals surface area contributed by atoms with E-state index in [1.165, 1.54) is 0 Å². The average molecular weight is 614 g/mol. The van der Waals surface area contributed by atoms with Crippen LogP contribution in [0.25, 0.3) is 0 Å². The first kappa shape index (κ1) is 32.6. The van der Waals surface area contributed by atoms with Crippen molar-refractivity contribution in [1.29, 1.82) is 0 Å². The lowest BCUT2D eigenvalue weighted by Crippen LogP contribution is -2.38. The fourth-order valence-corrected chi connectivity index (χ4v) is 5.91. The topological polar surface area (TPSA) is 115 Å². The molecule has 232 valence electrons. The predicted molar refractivity (Wildman–Crippen MR) is 163 cm³/mol. The molecule has 0 spiro atoms. The summed E-state index contributed by atoms with van der Waals surface area (Å²) >= 11 is 0. The molecule has 0 amide bonds. The summed E-state index contributed by atoms with van der Waals surface area (Å²) in [6.07, 6.45) is 4.44. The molecule has 2 heterocycles. The molecule has 2 aliphatic heterocycles. The van der Waals surface area contributed by atoms with Crippen LogP contribution in [-0.4, -0.2) is 72.3 Å². The molecule has 2 atom stereocenters. The molecule has 2 aromatic carbocycles. The highest BCUT2D eigenvalue weighted by atomic mass is 31.1. The van der Waals surface area contributed by atoms with Gasteiger partial charge in [0.1, 0.15) is 17.9 Å². The minimum absolute atomic E-state index is 0.00165. The van der Waals surface area contributed by atoms with Crippen molar-refractivity contribution in [2.45, 2.75) is 66.0 Å². The van der Waals surface area contributed by atoms with E-state index in [1.807, 2.05) is 45.0 Å². The molecular weight excluding hydrogens is 571 g/mol. The van der Waals surface area contributed by atoms with Crippen molar-refractivity contribution in [3.05, 3.63) is 69.3 Å². The highest BCUT2D eigenvalue weighted by molar-refractivity contribution is 7.20. The van der Waals surface area contributed by atoms with Gasteiger partial charge in [-0.1, -0.05) is 36.8 Å². The number of cyclic esters (lactones) is 1. The maximum Gasteiger partial charge on any atom is 0.457 e. The van der Waals surface area contributed by atoms with Crippen LogP contribution in [0.2, 0.25) is 0 Å². The third-order valence-corrected chi connectivity index (χ3v) is 8.70. The van der Waals surface area contributed by atoms with Gasteiger partial charge in [0.2, 0.25) is 0 Å². The Morgan fingerprint density at radius 1 is 1.23 bits per heavy atom. The van der Waals surface area contributed by atoms with Crippen molar-refractivity contribution in [2.75, 3.05) is 39.5 Å². The number of aromatic hydroxyl groups is 1. The molecule has 0 aliphatic carbocycles. The molecule has 2 aromatic rings. The second-order valence-corrected chi connectivity index (χ2v) is 11.5. The molecule has 2 aliphatic rings. The van der Waals surface area contributed by atoms with Crippen molar-refractivity contribution >= 4 is 20.5 Å². The number of esters is 2. The van der Waals surface area contributed by atoms with Crippen LogP contribution in [0, 0.1) is 6.92 Å². The molecular formula is C32H42N2O8P+. The summed E-state index contributed by atoms with van der Waals surface area (Å²) in [6.45, 7) is 12.1. The van der Waals surface area contributed by atoms with E-state index in [1.54, 1.807) is 13.0 Å². The summed E-state index contributed by atoms with van der Waals surface area (Å²) in [5.74, 6) is -0.500. The van der Waals surface area contributed by atoms with Crippen molar-refractivity contribution in [1.82, 2.24) is 9.73 Å². The van der Waals surface area contributed by atoms with Gasteiger partial charge in [-0.3, -0.25) is 9.69 Å². The first-order valence-corrected chi connectivity index (χ1v) is 15.7. The van der Waals surface area contributed by atoms with Gasteiger partial charge in [0.25, 0.3) is 0 Å². The van der Waals surface area contributed by atoms with Crippen molar-refractivity contribution in [3.8, 4) is 11.5 Å². The lowest BCUT2D eigenvalue weighted by molar-refractivity contribution is -0.154. The minimum Gasteiger partial charge on any atom is -0.507 e. The first-order valence-electron chi connectivity index (χ1n) is 14.8. The van der Waals surface area contributed by atoms with Crippen LogP contribution >= 0.6 is 8.61 Å². The second kappa shape index (κ2) is 15.4. The Kier molecular flexibility index (Phi) is 11.7. The summed E-state index contributed by atoms with van der Waals surface area (Å²) in [7, 11) is -1.02. The molecule has 4 rings (SSSR count). The van der Waals surface area contributed by atoms with Crippen LogP contribution in [0.15, 0.2) is 35.9 Å². The Morgan fingerprint density at radius 3 is 2.70 bits per heavy atom. The number of hydrogen-bond donors (Lipinski definition) is 1. The molecule has 1 N–H and O–H groups in total. The summed E-state index contributed by atoms with van der Waals surface area (Å²) in [5, 5.41) is 11.0. The van der Waals surface area contributed by atoms with Crippen LogP contribution in [0.1, 0.15) is 65.4 Å². The van der Waals surface area contributed by atoms with Gasteiger partial charge in [0.15, 0.2) is 11.8 Å². The van der Waals surface area contributed by atoms with Gasteiger partial charge < -0.3 is 24.2 Å². The SMILES string of the molecule is CCc1c(C)c2c(c(O)c1CC=C(C)Cc1ccccc1ON([PH+]=O)[C@@H](C)C(=O)OCCCN1CCOCC1)C(=O)OC2. The van der Waals surface area contributed by atoms with Crippen LogP contribution < -0.4 is 4.84 Å². The molecule has 43 heavy (non-hydrogen) atoms. The number of fused-ring (bicyclic) bond motifs is 1. The smallest absolute Gasteiger partial charge is 0.457 e. The molecule has 10 nitrogen and oxygen atoms in total. The number of allylic oxidation sites excluding steroid dienone is 2. The summed E-state index contributed by atoms with van der Waals surface area (Å²) in [6, 6.07) is 6.53. The fourth-order valence-electron chi connectivity index (χ4n) is 5.51. The number of nitrogens with zero attached hydrogens (tertiary/aromatic N) is 2. The minimum atomic E-state index is -1.02. The molecule has 11 heteroatoms. The Balaban J connectivity index is 1.38. The van der Waals surface area contributed by atoms with Gasteiger partial charge >= 0.3 is 20.5 Å². The van der Waals surface area contributed by atoms with Crippen LogP contribution in [0.5, 0.6) is 11.5 Å². The monoisotopic (exact) mass is 613 g/mol. The Morgan fingerprint density at radius 2 is 1.98 bits per heavy atom. The van der Waals surface area contributed by atoms with E-state index in [4.69, 9.17) is 19.0 Å². The highest BCUT2D eigenvalue weighted by Crippen LogP contribution is 2.38. The fraction of sp³-hybridized carbons (Fsp3) is 0.500. The standard InChI is InChI=1S/C32H41N2O8P/c1-5-25-22(3)27-20-41-32(37)29(27)30(35)26(25)12-11-21(2)19-24-9-6-7-10-28(24)42-34(43-38)23(4)31(36)40-16-8-13-33-14-17-39-18-15-33/h6-7,9-11,23,35H,5,8,12-20H2,1-4H3/p+1/t23-/m0/s1. The lowest BCUT2D eigenvalue weighted by Gasteiger charge is -2.26. The number of morpholine rings is 1. The van der Waals surface area contributed by atoms with E-state index in [-0.39, 0.29) is 24.5 Å². The third kappa shape index (κ3) is 8.00. The van der Waals surface area contributed by atoms with E-state index < -0.39 is 26.6 Å². The van der Waals surface area contributed by atoms with Crippen LogP contribution in [-0.2, 0) is 49.4 Å². The van der Waals surface area contributed by atoms with Gasteiger partial charge in [0, 0.05) is 36.3 Å². The van der Waals surface area contributed by atoms with E-state index in [9.17, 15) is 19.3 Å². The number of para-hydroxylation sites is 1. The normalized spacial score (nSPS) is 16.3. The molecule has 0 aromatic heterocycles. The molecule has 1 fully saturated rings. The van der Waals surface area contributed by atoms with E-state index >= 15 is 0 Å². The number of carbonyl (C=O) groups is 2. The van der Waals surface area contributed by atoms with E-state index in [0.29, 0.717) is 25.0 Å². The Hall–Kier alpha value is -3.30. The van der Waals surface area contributed by atoms with Gasteiger partial charge in [-0.25, -0.2) is 4.79 Å². The summed E-state index contributed by atoms with van der Waals surface area (Å²) < 4.78 is 28.1. The number of rotatable bonds is 14. The Labute approximate surface area is 254 Å². The second-order valence-electron chi connectivity index (χ2n) is 10.9. The molecule has 1 unspecified atom stereocenters. The van der Waals surface area contributed by atoms with E-state index in [0.717, 1.165) is 77.5 Å². The maximum absolute atomic E-state index is 12.7. The first-order chi connectivity index (χ1) is 20.7. The average Bonchev–Trinajstić information content (AvgIpc) is 3.41. The predicted octanol–water partition coefficient (Wildman–Crippen LogP) is 4.85. The van der Waals surface area contributed by atoms with Crippen molar-refractivity contribution in [2.24, 2.45) is 0 Å². The molecule has 1 saturated heterocycles. The van der Waals surface area contributed by atoms with Gasteiger partial charge in [-0.05, 0) is 68.2 Å². The van der Waals surface area contributed by atoms with Crippen molar-refractivity contribution in [3.63, 3.8) is 0 Å². The third-order valence-electron chi connectivity index (χ3n) is 8.04. The highest BCUT2D eigenvalue weighted by Gasteiger charge is 2.32. The largest absolute Gasteiger partial charge is 0.507 e. The van der Waals surface area contributed by atoms with Gasteiger partial charge in [-0.2, -0.15) is 0 Å². The molecule has 0 bridgehead atoms. The van der Waals surface area contributed by atoms with Gasteiger partial charge in [0.05, 0.1) is 24.7 Å². The number of hydrogen-bond acceptors (Lipinski definition) is 9. The number of phenols is 1. The van der Waals surface area contributed by atoms with Gasteiger partial charge in [-0.15, -0.1) is 0 Å². The number of benzene rings is 2.